The van der Waals surface area contributed by atoms with Gasteiger partial charge in [0.2, 0.25) is 0 Å². The summed E-state index contributed by atoms with van der Waals surface area (Å²) in [6.45, 7) is 3.47. The molecular formula is C21H39NO. The van der Waals surface area contributed by atoms with Gasteiger partial charge in [0.05, 0.1) is 0 Å². The zero-order valence-corrected chi connectivity index (χ0v) is 15.4. The van der Waals surface area contributed by atoms with Gasteiger partial charge < -0.3 is 5.48 Å². The van der Waals surface area contributed by atoms with E-state index in [1.165, 1.54) is 96.4 Å². The molecule has 0 aromatic carbocycles. The Hall–Kier alpha value is -0.890. The third-order valence-corrected chi connectivity index (χ3v) is 4.55. The summed E-state index contributed by atoms with van der Waals surface area (Å²) in [4.78, 5) is 0. The van der Waals surface area contributed by atoms with Crippen molar-refractivity contribution in [1.29, 1.82) is 0 Å². The first-order valence-corrected chi connectivity index (χ1v) is 9.87. The molecule has 0 bridgehead atoms. The van der Waals surface area contributed by atoms with Crippen LogP contribution in [0.1, 0.15) is 96.8 Å². The first-order chi connectivity index (χ1) is 10.9. The van der Waals surface area contributed by atoms with Crippen LogP contribution in [0.3, 0.4) is 0 Å². The van der Waals surface area contributed by atoms with Crippen molar-refractivity contribution < 1.29 is 10.0 Å². The Morgan fingerprint density at radius 2 is 0.913 bits per heavy atom. The minimum absolute atomic E-state index is 0. The molecule has 0 unspecified atom stereocenters. The average molecular weight is 322 g/mol. The first kappa shape index (κ1) is 22.1. The zero-order valence-electron chi connectivity index (χ0n) is 15.4. The lowest BCUT2D eigenvalue weighted by Gasteiger charge is -2.02. The number of rotatable bonds is 15. The fourth-order valence-corrected chi connectivity index (χ4v) is 3.07. The lowest BCUT2D eigenvalue weighted by molar-refractivity contribution is -0.697. The normalized spacial score (nSPS) is 10.5. The van der Waals surface area contributed by atoms with Gasteiger partial charge in [-0.2, -0.15) is 0 Å². The van der Waals surface area contributed by atoms with E-state index in [2.05, 4.69) is 42.1 Å². The van der Waals surface area contributed by atoms with Gasteiger partial charge in [-0.25, -0.2) is 4.57 Å². The van der Waals surface area contributed by atoms with E-state index in [0.717, 1.165) is 0 Å². The highest BCUT2D eigenvalue weighted by molar-refractivity contribution is 4.83. The number of pyridine rings is 1. The molecule has 0 fully saturated rings. The Bertz CT molecular complexity index is 326. The van der Waals surface area contributed by atoms with Crippen molar-refractivity contribution in [3.05, 3.63) is 30.6 Å². The summed E-state index contributed by atoms with van der Waals surface area (Å²) in [5.74, 6) is 0. The average Bonchev–Trinajstić information content (AvgIpc) is 2.56. The van der Waals surface area contributed by atoms with Crippen LogP contribution in [0.5, 0.6) is 0 Å². The maximum atomic E-state index is 2.29. The van der Waals surface area contributed by atoms with Crippen LogP contribution in [0.15, 0.2) is 30.6 Å². The molecule has 2 nitrogen and oxygen atoms in total. The van der Waals surface area contributed by atoms with E-state index < -0.39 is 0 Å². The van der Waals surface area contributed by atoms with Gasteiger partial charge in [0.25, 0.3) is 0 Å². The number of unbranched alkanes of at least 4 members (excludes halogenated alkanes) is 13. The van der Waals surface area contributed by atoms with Crippen molar-refractivity contribution in [2.75, 3.05) is 0 Å². The summed E-state index contributed by atoms with van der Waals surface area (Å²) in [7, 11) is 0. The number of nitrogens with zero attached hydrogens (tertiary/aromatic N) is 1. The lowest BCUT2D eigenvalue weighted by Crippen LogP contribution is -2.32. The van der Waals surface area contributed by atoms with Crippen LogP contribution in [0.25, 0.3) is 0 Å². The van der Waals surface area contributed by atoms with Crippen LogP contribution in [0, 0.1) is 0 Å². The maximum absolute atomic E-state index is 2.29. The van der Waals surface area contributed by atoms with Gasteiger partial charge in [-0.15, -0.1) is 0 Å². The lowest BCUT2D eigenvalue weighted by atomic mass is 10.0. The Balaban J connectivity index is 0.00000484. The predicted molar refractivity (Wildman–Crippen MR) is 98.9 cm³/mol. The Labute approximate surface area is 144 Å². The topological polar surface area (TPSA) is 33.9 Å². The monoisotopic (exact) mass is 321 g/mol. The van der Waals surface area contributed by atoms with Gasteiger partial charge in [-0.05, 0) is 6.42 Å². The summed E-state index contributed by atoms with van der Waals surface area (Å²) in [5.41, 5.74) is 0. The SMILES string of the molecule is CCCCCCCCCCCCCCCC[n+]1ccccc1.[OH-]. The summed E-state index contributed by atoms with van der Waals surface area (Å²) in [6, 6.07) is 6.31. The van der Waals surface area contributed by atoms with Crippen molar-refractivity contribution in [3.63, 3.8) is 0 Å². The van der Waals surface area contributed by atoms with Crippen LogP contribution in [-0.4, -0.2) is 5.48 Å². The molecule has 134 valence electrons. The van der Waals surface area contributed by atoms with Crippen LogP contribution in [0.2, 0.25) is 0 Å². The van der Waals surface area contributed by atoms with Gasteiger partial charge in [0.15, 0.2) is 12.4 Å². The van der Waals surface area contributed by atoms with Crippen molar-refractivity contribution in [3.8, 4) is 0 Å². The molecule has 2 heteroatoms. The van der Waals surface area contributed by atoms with Crippen LogP contribution in [0.4, 0.5) is 0 Å². The third-order valence-electron chi connectivity index (χ3n) is 4.55. The quantitative estimate of drug-likeness (QED) is 0.276. The summed E-state index contributed by atoms with van der Waals surface area (Å²) >= 11 is 0. The zero-order chi connectivity index (χ0) is 15.7. The molecule has 1 aromatic rings. The van der Waals surface area contributed by atoms with E-state index in [1.54, 1.807) is 0 Å². The molecule has 0 radical (unpaired) electrons. The van der Waals surface area contributed by atoms with Gasteiger partial charge in [0.1, 0.15) is 6.54 Å². The van der Waals surface area contributed by atoms with E-state index in [0.29, 0.717) is 0 Å². The van der Waals surface area contributed by atoms with Crippen LogP contribution < -0.4 is 4.57 Å². The Morgan fingerprint density at radius 3 is 1.35 bits per heavy atom. The second kappa shape index (κ2) is 17.5. The molecule has 1 N–H and O–H groups in total. The van der Waals surface area contributed by atoms with Crippen molar-refractivity contribution in [2.24, 2.45) is 0 Å². The molecule has 0 amide bonds. The molecule has 0 aliphatic rings. The fourth-order valence-electron chi connectivity index (χ4n) is 3.07. The van der Waals surface area contributed by atoms with E-state index in [9.17, 15) is 0 Å². The van der Waals surface area contributed by atoms with Crippen molar-refractivity contribution in [1.82, 2.24) is 0 Å². The highest BCUT2D eigenvalue weighted by Gasteiger charge is 1.98. The van der Waals surface area contributed by atoms with Gasteiger partial charge in [-0.1, -0.05) is 90.0 Å². The molecule has 1 rings (SSSR count). The van der Waals surface area contributed by atoms with E-state index in [1.807, 2.05) is 0 Å². The van der Waals surface area contributed by atoms with Gasteiger partial charge >= 0.3 is 0 Å². The second-order valence-electron chi connectivity index (χ2n) is 6.71. The minimum Gasteiger partial charge on any atom is -0.870 e. The smallest absolute Gasteiger partial charge is 0.168 e. The van der Waals surface area contributed by atoms with Gasteiger partial charge in [0, 0.05) is 18.6 Å². The summed E-state index contributed by atoms with van der Waals surface area (Å²) in [5, 5.41) is 0. The first-order valence-electron chi connectivity index (χ1n) is 9.87. The van der Waals surface area contributed by atoms with E-state index in [-0.39, 0.29) is 5.48 Å². The van der Waals surface area contributed by atoms with E-state index in [4.69, 9.17) is 0 Å². The Morgan fingerprint density at radius 1 is 0.522 bits per heavy atom. The van der Waals surface area contributed by atoms with Crippen molar-refractivity contribution in [2.45, 2.75) is 103 Å². The molecule has 0 aliphatic heterocycles. The van der Waals surface area contributed by atoms with Gasteiger partial charge in [-0.3, -0.25) is 0 Å². The molecule has 23 heavy (non-hydrogen) atoms. The largest absolute Gasteiger partial charge is 0.870 e. The number of hydrogen-bond acceptors (Lipinski definition) is 1. The van der Waals surface area contributed by atoms with Crippen molar-refractivity contribution >= 4 is 0 Å². The highest BCUT2D eigenvalue weighted by atomic mass is 16.0. The standard InChI is InChI=1S/C21H38N.H2O/c1-2-3-4-5-6-7-8-9-10-11-12-13-14-16-19-22-20-17-15-18-21-22;/h15,17-18,20-21H,2-14,16,19H2,1H3;1H2/q+1;/p-1. The third kappa shape index (κ3) is 14.4. The number of aryl methyl sites for hydroxylation is 1. The fraction of sp³-hybridized carbons (Fsp3) is 0.762. The molecule has 1 aromatic heterocycles. The molecule has 0 saturated heterocycles. The molecular weight excluding hydrogens is 282 g/mol. The Kier molecular flexibility index (Phi) is 16.8. The molecule has 0 spiro atoms. The van der Waals surface area contributed by atoms with Crippen LogP contribution in [-0.2, 0) is 6.54 Å². The number of aromatic nitrogens is 1. The highest BCUT2D eigenvalue weighted by Crippen LogP contribution is 2.12. The molecule has 1 heterocycles. The molecule has 0 saturated carbocycles. The maximum Gasteiger partial charge on any atom is 0.168 e. The molecule has 0 aliphatic carbocycles. The summed E-state index contributed by atoms with van der Waals surface area (Å²) < 4.78 is 2.29. The van der Waals surface area contributed by atoms with Crippen LogP contribution >= 0.6 is 0 Å². The second-order valence-corrected chi connectivity index (χ2v) is 6.71. The minimum atomic E-state index is 0. The number of hydrogen-bond donors (Lipinski definition) is 0. The summed E-state index contributed by atoms with van der Waals surface area (Å²) in [6.07, 6.45) is 24.4. The van der Waals surface area contributed by atoms with E-state index >= 15 is 0 Å². The molecule has 0 atom stereocenters. The predicted octanol–water partition coefficient (Wildman–Crippen LogP) is 6.28.